The summed E-state index contributed by atoms with van der Waals surface area (Å²) < 4.78 is 0. The second kappa shape index (κ2) is 7.39. The molecule has 0 saturated heterocycles. The Balaban J connectivity index is 3.32. The summed E-state index contributed by atoms with van der Waals surface area (Å²) in [6.07, 6.45) is 8.98. The standard InChI is InChI=1S/C12H22/c1-5-7-11(3)9-10-12(4)8-6-2/h11-12H,1-2,5,7-10H2,3-4H3. The van der Waals surface area contributed by atoms with Crippen LogP contribution in [0.25, 0.3) is 0 Å². The molecular formula is C12H22. The van der Waals surface area contributed by atoms with Crippen LogP contribution in [0, 0.1) is 24.8 Å². The van der Waals surface area contributed by atoms with E-state index in [0.717, 1.165) is 24.7 Å². The quantitative estimate of drug-likeness (QED) is 0.535. The highest BCUT2D eigenvalue weighted by atomic mass is 14.1. The molecule has 0 aromatic heterocycles. The van der Waals surface area contributed by atoms with Crippen molar-refractivity contribution in [3.63, 3.8) is 0 Å². The second-order valence-electron chi connectivity index (χ2n) is 3.88. The van der Waals surface area contributed by atoms with Gasteiger partial charge in [-0.3, -0.25) is 0 Å². The third kappa shape index (κ3) is 6.45. The summed E-state index contributed by atoms with van der Waals surface area (Å²) in [4.78, 5) is 0. The van der Waals surface area contributed by atoms with Gasteiger partial charge in [-0.05, 0) is 18.3 Å². The van der Waals surface area contributed by atoms with Gasteiger partial charge in [0, 0.05) is 0 Å². The molecule has 0 fully saturated rings. The molecule has 2 unspecified atom stereocenters. The molecule has 0 spiro atoms. The molecule has 70 valence electrons. The molecule has 0 aliphatic rings. The molecule has 12 heavy (non-hydrogen) atoms. The van der Waals surface area contributed by atoms with Gasteiger partial charge >= 0.3 is 0 Å². The van der Waals surface area contributed by atoms with E-state index < -0.39 is 0 Å². The maximum atomic E-state index is 3.87. The Morgan fingerprint density at radius 2 is 1.67 bits per heavy atom. The predicted molar refractivity (Wildman–Crippen MR) is 55.6 cm³/mol. The SMILES string of the molecule is [CH2]CCC(C)CCC(C)C[C]=C. The molecule has 0 heteroatoms. The average molecular weight is 166 g/mol. The molecule has 0 aliphatic carbocycles. The van der Waals surface area contributed by atoms with Gasteiger partial charge in [0.1, 0.15) is 0 Å². The Morgan fingerprint density at radius 1 is 1.08 bits per heavy atom. The second-order valence-corrected chi connectivity index (χ2v) is 3.88. The molecule has 0 aliphatic heterocycles. The maximum Gasteiger partial charge on any atom is -0.0256 e. The van der Waals surface area contributed by atoms with E-state index >= 15 is 0 Å². The third-order valence-electron chi connectivity index (χ3n) is 2.34. The van der Waals surface area contributed by atoms with Crippen molar-refractivity contribution in [3.05, 3.63) is 19.6 Å². The Labute approximate surface area is 78.1 Å². The van der Waals surface area contributed by atoms with Crippen LogP contribution in [0.3, 0.4) is 0 Å². The van der Waals surface area contributed by atoms with Crippen LogP contribution in [-0.4, -0.2) is 0 Å². The normalized spacial score (nSPS) is 15.6. The summed E-state index contributed by atoms with van der Waals surface area (Å²) in [5.41, 5.74) is 0. The van der Waals surface area contributed by atoms with Crippen LogP contribution in [-0.2, 0) is 0 Å². The van der Waals surface area contributed by atoms with Crippen LogP contribution in [0.1, 0.15) is 46.0 Å². The lowest BCUT2D eigenvalue weighted by atomic mass is 9.93. The minimum Gasteiger partial charge on any atom is -0.0956 e. The molecule has 0 amide bonds. The van der Waals surface area contributed by atoms with Gasteiger partial charge in [0.25, 0.3) is 0 Å². The number of hydrogen-bond donors (Lipinski definition) is 0. The monoisotopic (exact) mass is 166 g/mol. The number of allylic oxidation sites excluding steroid dienone is 1. The molecule has 0 aromatic carbocycles. The first-order valence-corrected chi connectivity index (χ1v) is 4.99. The van der Waals surface area contributed by atoms with Crippen LogP contribution in [0.2, 0.25) is 0 Å². The van der Waals surface area contributed by atoms with E-state index in [4.69, 9.17) is 0 Å². The maximum absolute atomic E-state index is 3.87. The van der Waals surface area contributed by atoms with Crippen molar-refractivity contribution in [2.45, 2.75) is 46.0 Å². The fourth-order valence-corrected chi connectivity index (χ4v) is 1.41. The lowest BCUT2D eigenvalue weighted by Crippen LogP contribution is -1.99. The summed E-state index contributed by atoms with van der Waals surface area (Å²) in [6, 6.07) is 0. The predicted octanol–water partition coefficient (Wildman–Crippen LogP) is 4.03. The van der Waals surface area contributed by atoms with Crippen LogP contribution in [0.15, 0.2) is 6.58 Å². The zero-order chi connectivity index (χ0) is 9.40. The summed E-state index contributed by atoms with van der Waals surface area (Å²) in [5.74, 6) is 1.60. The van der Waals surface area contributed by atoms with Gasteiger partial charge in [0.15, 0.2) is 0 Å². The first kappa shape index (κ1) is 11.7. The van der Waals surface area contributed by atoms with Gasteiger partial charge in [-0.1, -0.05) is 59.1 Å². The van der Waals surface area contributed by atoms with E-state index in [1.165, 1.54) is 19.3 Å². The lowest BCUT2D eigenvalue weighted by molar-refractivity contribution is 0.414. The molecule has 0 saturated carbocycles. The highest BCUT2D eigenvalue weighted by Gasteiger charge is 2.04. The molecule has 0 bridgehead atoms. The summed E-state index contributed by atoms with van der Waals surface area (Å²) in [7, 11) is 0. The van der Waals surface area contributed by atoms with Gasteiger partial charge in [-0.15, -0.1) is 0 Å². The van der Waals surface area contributed by atoms with Crippen molar-refractivity contribution < 1.29 is 0 Å². The van der Waals surface area contributed by atoms with Crippen molar-refractivity contribution in [1.82, 2.24) is 0 Å². The van der Waals surface area contributed by atoms with E-state index in [1.54, 1.807) is 0 Å². The molecule has 0 nitrogen and oxygen atoms in total. The highest BCUT2D eigenvalue weighted by molar-refractivity contribution is 4.64. The molecule has 0 aromatic rings. The Morgan fingerprint density at radius 3 is 2.17 bits per heavy atom. The van der Waals surface area contributed by atoms with Crippen LogP contribution in [0.4, 0.5) is 0 Å². The number of rotatable bonds is 7. The first-order chi connectivity index (χ1) is 5.70. The lowest BCUT2D eigenvalue weighted by Gasteiger charge is -2.12. The van der Waals surface area contributed by atoms with Crippen LogP contribution in [0.5, 0.6) is 0 Å². The van der Waals surface area contributed by atoms with E-state index in [-0.39, 0.29) is 0 Å². The Bertz CT molecular complexity index is 105. The summed E-state index contributed by atoms with van der Waals surface area (Å²) in [6.45, 7) is 12.1. The largest absolute Gasteiger partial charge is 0.0956 e. The zero-order valence-corrected chi connectivity index (χ0v) is 8.60. The summed E-state index contributed by atoms with van der Waals surface area (Å²) >= 11 is 0. The van der Waals surface area contributed by atoms with E-state index in [1.807, 2.05) is 0 Å². The van der Waals surface area contributed by atoms with Crippen molar-refractivity contribution in [2.75, 3.05) is 0 Å². The molecule has 0 heterocycles. The first-order valence-electron chi connectivity index (χ1n) is 4.99. The summed E-state index contributed by atoms with van der Waals surface area (Å²) in [5, 5.41) is 0. The highest BCUT2D eigenvalue weighted by Crippen LogP contribution is 2.18. The van der Waals surface area contributed by atoms with Crippen molar-refractivity contribution in [3.8, 4) is 0 Å². The fourth-order valence-electron chi connectivity index (χ4n) is 1.41. The van der Waals surface area contributed by atoms with E-state index in [0.29, 0.717) is 0 Å². The van der Waals surface area contributed by atoms with Crippen LogP contribution < -0.4 is 0 Å². The number of hydrogen-bond acceptors (Lipinski definition) is 0. The Hall–Kier alpha value is -0.260. The zero-order valence-electron chi connectivity index (χ0n) is 8.60. The fraction of sp³-hybridized carbons (Fsp3) is 0.750. The topological polar surface area (TPSA) is 0 Å². The smallest absolute Gasteiger partial charge is 0.0256 e. The van der Waals surface area contributed by atoms with Crippen molar-refractivity contribution in [1.29, 1.82) is 0 Å². The molecule has 2 atom stereocenters. The van der Waals surface area contributed by atoms with Crippen molar-refractivity contribution >= 4 is 0 Å². The van der Waals surface area contributed by atoms with Gasteiger partial charge in [0.05, 0.1) is 0 Å². The van der Waals surface area contributed by atoms with Gasteiger partial charge in [-0.25, -0.2) is 0 Å². The van der Waals surface area contributed by atoms with Crippen LogP contribution >= 0.6 is 0 Å². The Kier molecular flexibility index (Phi) is 7.23. The molecule has 0 rings (SSSR count). The van der Waals surface area contributed by atoms with E-state index in [2.05, 4.69) is 33.4 Å². The molecular weight excluding hydrogens is 144 g/mol. The van der Waals surface area contributed by atoms with E-state index in [9.17, 15) is 0 Å². The minimum absolute atomic E-state index is 0.759. The van der Waals surface area contributed by atoms with Crippen molar-refractivity contribution in [2.24, 2.45) is 11.8 Å². The van der Waals surface area contributed by atoms with Gasteiger partial charge in [0.2, 0.25) is 0 Å². The third-order valence-corrected chi connectivity index (χ3v) is 2.34. The van der Waals surface area contributed by atoms with Gasteiger partial charge < -0.3 is 0 Å². The molecule has 0 N–H and O–H groups in total. The minimum atomic E-state index is 0.759. The average Bonchev–Trinajstić information content (AvgIpc) is 2.02. The molecule has 2 radical (unpaired) electrons. The van der Waals surface area contributed by atoms with Gasteiger partial charge in [-0.2, -0.15) is 0 Å².